The van der Waals surface area contributed by atoms with Gasteiger partial charge >= 0.3 is 0 Å². The van der Waals surface area contributed by atoms with Crippen LogP contribution in [0.15, 0.2) is 24.3 Å². The highest BCUT2D eigenvalue weighted by molar-refractivity contribution is 5.84. The minimum atomic E-state index is -0.119. The second-order valence-electron chi connectivity index (χ2n) is 4.40. The summed E-state index contributed by atoms with van der Waals surface area (Å²) in [6, 6.07) is 6.56. The number of aldehydes is 1. The number of rotatable bonds is 4. The molecule has 1 aromatic carbocycles. The number of nitrogens with zero attached hydrogens (tertiary/aromatic N) is 1. The van der Waals surface area contributed by atoms with Crippen LogP contribution in [-0.4, -0.2) is 42.6 Å². The molecule has 0 unspecified atom stereocenters. The summed E-state index contributed by atoms with van der Waals surface area (Å²) in [6.45, 7) is 0.908. The molecule has 1 aliphatic rings. The lowest BCUT2D eigenvalue weighted by Gasteiger charge is -2.25. The van der Waals surface area contributed by atoms with Crippen molar-refractivity contribution in [2.45, 2.75) is 12.8 Å². The van der Waals surface area contributed by atoms with E-state index < -0.39 is 0 Å². The minimum Gasteiger partial charge on any atom is -0.484 e. The van der Waals surface area contributed by atoms with Gasteiger partial charge in [-0.2, -0.15) is 0 Å². The molecular weight excluding hydrogens is 246 g/mol. The molecule has 0 aliphatic carbocycles. The Balaban J connectivity index is 1.82. The summed E-state index contributed by atoms with van der Waals surface area (Å²) in [5, 5.41) is 0. The van der Waals surface area contributed by atoms with E-state index in [-0.39, 0.29) is 18.3 Å². The number of amides is 1. The summed E-state index contributed by atoms with van der Waals surface area (Å²) < 4.78 is 5.36. The topological polar surface area (TPSA) is 63.7 Å². The summed E-state index contributed by atoms with van der Waals surface area (Å²) in [5.74, 6) is 0.633. The molecule has 19 heavy (non-hydrogen) atoms. The van der Waals surface area contributed by atoms with Crippen LogP contribution >= 0.6 is 0 Å². The molecule has 0 saturated carbocycles. The Morgan fingerprint density at radius 2 is 1.84 bits per heavy atom. The second-order valence-corrected chi connectivity index (χ2v) is 4.40. The normalized spacial score (nSPS) is 15.2. The Hall–Kier alpha value is -2.17. The zero-order valence-electron chi connectivity index (χ0n) is 10.5. The number of ketones is 1. The first-order valence-electron chi connectivity index (χ1n) is 6.16. The van der Waals surface area contributed by atoms with Crippen LogP contribution in [0.4, 0.5) is 0 Å². The van der Waals surface area contributed by atoms with Crippen LogP contribution < -0.4 is 4.74 Å². The number of carbonyl (C=O) groups excluding carboxylic acids is 3. The van der Waals surface area contributed by atoms with Gasteiger partial charge in [0.2, 0.25) is 0 Å². The van der Waals surface area contributed by atoms with Gasteiger partial charge in [-0.1, -0.05) is 0 Å². The van der Waals surface area contributed by atoms with Crippen molar-refractivity contribution < 1.29 is 19.1 Å². The van der Waals surface area contributed by atoms with Crippen LogP contribution in [-0.2, 0) is 9.59 Å². The summed E-state index contributed by atoms with van der Waals surface area (Å²) in [7, 11) is 0. The quantitative estimate of drug-likeness (QED) is 0.760. The molecule has 0 radical (unpaired) electrons. The monoisotopic (exact) mass is 261 g/mol. The average Bonchev–Trinajstić information content (AvgIpc) is 2.46. The molecule has 5 nitrogen and oxygen atoms in total. The third kappa shape index (κ3) is 3.64. The van der Waals surface area contributed by atoms with E-state index >= 15 is 0 Å². The first-order valence-corrected chi connectivity index (χ1v) is 6.16. The molecule has 1 heterocycles. The van der Waals surface area contributed by atoms with Crippen molar-refractivity contribution in [2.75, 3.05) is 19.7 Å². The van der Waals surface area contributed by atoms with E-state index in [2.05, 4.69) is 0 Å². The van der Waals surface area contributed by atoms with Crippen LogP contribution in [0.3, 0.4) is 0 Å². The first kappa shape index (κ1) is 13.3. The van der Waals surface area contributed by atoms with E-state index in [4.69, 9.17) is 4.74 Å². The summed E-state index contributed by atoms with van der Waals surface area (Å²) in [6.07, 6.45) is 1.61. The lowest BCUT2D eigenvalue weighted by atomic mass is 10.1. The van der Waals surface area contributed by atoms with Crippen LogP contribution in [0.25, 0.3) is 0 Å². The lowest BCUT2D eigenvalue weighted by molar-refractivity contribution is -0.136. The highest BCUT2D eigenvalue weighted by atomic mass is 16.5. The van der Waals surface area contributed by atoms with E-state index in [1.54, 1.807) is 29.2 Å². The van der Waals surface area contributed by atoms with Crippen molar-refractivity contribution in [2.24, 2.45) is 0 Å². The minimum absolute atomic E-state index is 0.0470. The number of ether oxygens (including phenoxy) is 1. The van der Waals surface area contributed by atoms with Crippen molar-refractivity contribution in [3.63, 3.8) is 0 Å². The average molecular weight is 261 g/mol. The van der Waals surface area contributed by atoms with Gasteiger partial charge in [0.15, 0.2) is 6.61 Å². The maximum Gasteiger partial charge on any atom is 0.260 e. The van der Waals surface area contributed by atoms with E-state index in [1.807, 2.05) is 0 Å². The number of carbonyl (C=O) groups is 3. The van der Waals surface area contributed by atoms with Crippen molar-refractivity contribution >= 4 is 18.0 Å². The third-order valence-electron chi connectivity index (χ3n) is 3.05. The molecule has 0 atom stereocenters. The molecule has 1 fully saturated rings. The second kappa shape index (κ2) is 6.13. The maximum absolute atomic E-state index is 11.8. The SMILES string of the molecule is O=Cc1ccc(OCC(=O)N2CCC(=O)CC2)cc1. The van der Waals surface area contributed by atoms with Gasteiger partial charge in [0, 0.05) is 31.5 Å². The maximum atomic E-state index is 11.8. The molecule has 0 spiro atoms. The molecule has 100 valence electrons. The van der Waals surface area contributed by atoms with Gasteiger partial charge in [0.1, 0.15) is 17.8 Å². The predicted molar refractivity (Wildman–Crippen MR) is 68.1 cm³/mol. The zero-order chi connectivity index (χ0) is 13.7. The van der Waals surface area contributed by atoms with Crippen molar-refractivity contribution in [1.82, 2.24) is 4.90 Å². The smallest absolute Gasteiger partial charge is 0.260 e. The highest BCUT2D eigenvalue weighted by Gasteiger charge is 2.20. The Labute approximate surface area is 111 Å². The fourth-order valence-corrected chi connectivity index (χ4v) is 1.88. The molecule has 0 aromatic heterocycles. The largest absolute Gasteiger partial charge is 0.484 e. The Morgan fingerprint density at radius 3 is 2.42 bits per heavy atom. The number of hydrogen-bond acceptors (Lipinski definition) is 4. The third-order valence-corrected chi connectivity index (χ3v) is 3.05. The van der Waals surface area contributed by atoms with Gasteiger partial charge in [0.05, 0.1) is 0 Å². The molecule has 2 rings (SSSR count). The lowest BCUT2D eigenvalue weighted by Crippen LogP contribution is -2.41. The standard InChI is InChI=1S/C14H15NO4/c16-9-11-1-3-13(4-2-11)19-10-14(18)15-7-5-12(17)6-8-15/h1-4,9H,5-8,10H2. The molecule has 1 saturated heterocycles. The predicted octanol–water partition coefficient (Wildman–Crippen LogP) is 1.07. The van der Waals surface area contributed by atoms with Crippen molar-refractivity contribution in [3.8, 4) is 5.75 Å². The number of hydrogen-bond donors (Lipinski definition) is 0. The fraction of sp³-hybridized carbons (Fsp3) is 0.357. The zero-order valence-corrected chi connectivity index (χ0v) is 10.5. The fourth-order valence-electron chi connectivity index (χ4n) is 1.88. The molecule has 1 amide bonds. The van der Waals surface area contributed by atoms with Gasteiger partial charge < -0.3 is 9.64 Å². The Morgan fingerprint density at radius 1 is 1.21 bits per heavy atom. The number of benzene rings is 1. The first-order chi connectivity index (χ1) is 9.19. The molecule has 1 aliphatic heterocycles. The Kier molecular flexibility index (Phi) is 4.28. The van der Waals surface area contributed by atoms with Crippen molar-refractivity contribution in [3.05, 3.63) is 29.8 Å². The highest BCUT2D eigenvalue weighted by Crippen LogP contribution is 2.12. The van der Waals surface area contributed by atoms with Gasteiger partial charge in [-0.25, -0.2) is 0 Å². The summed E-state index contributed by atoms with van der Waals surface area (Å²) in [4.78, 5) is 35.0. The van der Waals surface area contributed by atoms with Crippen LogP contribution in [0.1, 0.15) is 23.2 Å². The van der Waals surface area contributed by atoms with Crippen molar-refractivity contribution in [1.29, 1.82) is 0 Å². The van der Waals surface area contributed by atoms with Crippen LogP contribution in [0, 0.1) is 0 Å². The van der Waals surface area contributed by atoms with E-state index in [0.29, 0.717) is 37.2 Å². The van der Waals surface area contributed by atoms with E-state index in [0.717, 1.165) is 6.29 Å². The van der Waals surface area contributed by atoms with Gasteiger partial charge in [-0.15, -0.1) is 0 Å². The van der Waals surface area contributed by atoms with Crippen LogP contribution in [0.2, 0.25) is 0 Å². The molecule has 0 N–H and O–H groups in total. The molecule has 1 aromatic rings. The van der Waals surface area contributed by atoms with E-state index in [9.17, 15) is 14.4 Å². The number of piperidine rings is 1. The summed E-state index contributed by atoms with van der Waals surface area (Å²) >= 11 is 0. The number of Topliss-reactive ketones (excluding diaryl/α,β-unsaturated/α-hetero) is 1. The molecule has 0 bridgehead atoms. The molecular formula is C14H15NO4. The van der Waals surface area contributed by atoms with Gasteiger partial charge in [-0.3, -0.25) is 14.4 Å². The number of likely N-dealkylation sites (tertiary alicyclic amines) is 1. The van der Waals surface area contributed by atoms with Gasteiger partial charge in [0.25, 0.3) is 5.91 Å². The van der Waals surface area contributed by atoms with Gasteiger partial charge in [-0.05, 0) is 24.3 Å². The Bertz CT molecular complexity index is 471. The van der Waals surface area contributed by atoms with E-state index in [1.165, 1.54) is 0 Å². The van der Waals surface area contributed by atoms with Crippen LogP contribution in [0.5, 0.6) is 5.75 Å². The summed E-state index contributed by atoms with van der Waals surface area (Å²) in [5.41, 5.74) is 0.563. The molecule has 5 heteroatoms.